The molecule has 5 nitrogen and oxygen atoms in total. The van der Waals surface area contributed by atoms with Crippen molar-refractivity contribution in [2.24, 2.45) is 5.73 Å². The van der Waals surface area contributed by atoms with Crippen molar-refractivity contribution in [3.63, 3.8) is 0 Å². The molecule has 0 aliphatic heterocycles. The van der Waals surface area contributed by atoms with Crippen LogP contribution in [0.2, 0.25) is 0 Å². The SMILES string of the molecule is NCc1cnc2n[nH]c(N)c2c1. The summed E-state index contributed by atoms with van der Waals surface area (Å²) >= 11 is 0. The lowest BCUT2D eigenvalue weighted by molar-refractivity contribution is 1.05. The van der Waals surface area contributed by atoms with E-state index in [1.165, 1.54) is 0 Å². The van der Waals surface area contributed by atoms with Crippen LogP contribution in [0.15, 0.2) is 12.3 Å². The van der Waals surface area contributed by atoms with Crippen molar-refractivity contribution >= 4 is 16.9 Å². The molecular formula is C7H9N5. The summed E-state index contributed by atoms with van der Waals surface area (Å²) in [5.41, 5.74) is 12.6. The molecule has 2 aromatic heterocycles. The van der Waals surface area contributed by atoms with Gasteiger partial charge in [0.2, 0.25) is 0 Å². The summed E-state index contributed by atoms with van der Waals surface area (Å²) in [4.78, 5) is 4.07. The Labute approximate surface area is 68.8 Å². The zero-order chi connectivity index (χ0) is 8.55. The minimum absolute atomic E-state index is 0.466. The first-order chi connectivity index (χ1) is 5.81. The zero-order valence-electron chi connectivity index (χ0n) is 6.41. The number of nitrogens with zero attached hydrogens (tertiary/aromatic N) is 2. The fraction of sp³-hybridized carbons (Fsp3) is 0.143. The second-order valence-corrected chi connectivity index (χ2v) is 2.56. The molecule has 0 bridgehead atoms. The van der Waals surface area contributed by atoms with Crippen LogP contribution < -0.4 is 11.5 Å². The minimum atomic E-state index is 0.466. The molecule has 12 heavy (non-hydrogen) atoms. The summed E-state index contributed by atoms with van der Waals surface area (Å²) in [6, 6.07) is 1.89. The van der Waals surface area contributed by atoms with Gasteiger partial charge in [-0.25, -0.2) is 4.98 Å². The Bertz CT molecular complexity index is 405. The van der Waals surface area contributed by atoms with Crippen LogP contribution in [-0.2, 0) is 6.54 Å². The molecule has 0 saturated carbocycles. The van der Waals surface area contributed by atoms with Crippen molar-refractivity contribution < 1.29 is 0 Å². The van der Waals surface area contributed by atoms with Gasteiger partial charge >= 0.3 is 0 Å². The molecular weight excluding hydrogens is 154 g/mol. The number of pyridine rings is 1. The zero-order valence-corrected chi connectivity index (χ0v) is 6.41. The average Bonchev–Trinajstić information content (AvgIpc) is 2.47. The highest BCUT2D eigenvalue weighted by Crippen LogP contribution is 2.15. The molecule has 2 rings (SSSR count). The van der Waals surface area contributed by atoms with Gasteiger partial charge in [0.1, 0.15) is 5.82 Å². The predicted octanol–water partition coefficient (Wildman–Crippen LogP) is -0.00120. The van der Waals surface area contributed by atoms with Crippen LogP contribution in [0, 0.1) is 0 Å². The fourth-order valence-electron chi connectivity index (χ4n) is 1.07. The Morgan fingerprint density at radius 3 is 3.08 bits per heavy atom. The lowest BCUT2D eigenvalue weighted by Gasteiger charge is -1.94. The highest BCUT2D eigenvalue weighted by molar-refractivity contribution is 5.85. The van der Waals surface area contributed by atoms with E-state index in [9.17, 15) is 0 Å². The molecule has 0 fully saturated rings. The first-order valence-corrected chi connectivity index (χ1v) is 3.60. The number of H-pyrrole nitrogens is 1. The van der Waals surface area contributed by atoms with E-state index in [-0.39, 0.29) is 0 Å². The Kier molecular flexibility index (Phi) is 1.44. The van der Waals surface area contributed by atoms with E-state index in [0.29, 0.717) is 18.0 Å². The van der Waals surface area contributed by atoms with Gasteiger partial charge in [0.15, 0.2) is 5.65 Å². The van der Waals surface area contributed by atoms with Gasteiger partial charge in [0.25, 0.3) is 0 Å². The van der Waals surface area contributed by atoms with Crippen LogP contribution in [-0.4, -0.2) is 15.2 Å². The maximum Gasteiger partial charge on any atom is 0.183 e. The van der Waals surface area contributed by atoms with Gasteiger partial charge < -0.3 is 11.5 Å². The normalized spacial score (nSPS) is 10.8. The topological polar surface area (TPSA) is 93.6 Å². The number of rotatable bonds is 1. The third-order valence-corrected chi connectivity index (χ3v) is 1.73. The van der Waals surface area contributed by atoms with Gasteiger partial charge in [-0.1, -0.05) is 0 Å². The summed E-state index contributed by atoms with van der Waals surface area (Å²) in [7, 11) is 0. The summed E-state index contributed by atoms with van der Waals surface area (Å²) in [6.45, 7) is 0.466. The van der Waals surface area contributed by atoms with E-state index >= 15 is 0 Å². The second-order valence-electron chi connectivity index (χ2n) is 2.56. The van der Waals surface area contributed by atoms with E-state index < -0.39 is 0 Å². The molecule has 0 saturated heterocycles. The van der Waals surface area contributed by atoms with Crippen molar-refractivity contribution in [3.05, 3.63) is 17.8 Å². The smallest absolute Gasteiger partial charge is 0.183 e. The van der Waals surface area contributed by atoms with Crippen LogP contribution >= 0.6 is 0 Å². The van der Waals surface area contributed by atoms with Gasteiger partial charge in [-0.3, -0.25) is 5.10 Å². The van der Waals surface area contributed by atoms with Crippen molar-refractivity contribution in [1.29, 1.82) is 0 Å². The number of nitrogen functional groups attached to an aromatic ring is 1. The van der Waals surface area contributed by atoms with Crippen LogP contribution in [0.1, 0.15) is 5.56 Å². The highest BCUT2D eigenvalue weighted by atomic mass is 15.2. The molecule has 5 N–H and O–H groups in total. The number of nitrogens with two attached hydrogens (primary N) is 2. The Morgan fingerprint density at radius 2 is 2.33 bits per heavy atom. The van der Waals surface area contributed by atoms with E-state index in [1.807, 2.05) is 6.07 Å². The first-order valence-electron chi connectivity index (χ1n) is 3.60. The lowest BCUT2D eigenvalue weighted by Crippen LogP contribution is -1.96. The Morgan fingerprint density at radius 1 is 1.50 bits per heavy atom. The largest absolute Gasteiger partial charge is 0.384 e. The monoisotopic (exact) mass is 163 g/mol. The molecule has 5 heteroatoms. The molecule has 0 radical (unpaired) electrons. The fourth-order valence-corrected chi connectivity index (χ4v) is 1.07. The highest BCUT2D eigenvalue weighted by Gasteiger charge is 2.02. The van der Waals surface area contributed by atoms with E-state index in [0.717, 1.165) is 10.9 Å². The number of aromatic amines is 1. The maximum atomic E-state index is 5.60. The van der Waals surface area contributed by atoms with E-state index in [4.69, 9.17) is 11.5 Å². The molecule has 0 spiro atoms. The number of hydrogen-bond acceptors (Lipinski definition) is 4. The number of anilines is 1. The standard InChI is InChI=1S/C7H9N5/c8-2-4-1-5-6(9)11-12-7(5)10-3-4/h1,3H,2,8H2,(H3,9,10,11,12). The number of fused-ring (bicyclic) bond motifs is 1. The minimum Gasteiger partial charge on any atom is -0.384 e. The van der Waals surface area contributed by atoms with Crippen LogP contribution in [0.25, 0.3) is 11.0 Å². The molecule has 0 atom stereocenters. The molecule has 2 aromatic rings. The Balaban J connectivity index is 2.71. The lowest BCUT2D eigenvalue weighted by atomic mass is 10.2. The van der Waals surface area contributed by atoms with Gasteiger partial charge in [0.05, 0.1) is 5.39 Å². The summed E-state index contributed by atoms with van der Waals surface area (Å²) in [5.74, 6) is 0.535. The van der Waals surface area contributed by atoms with Crippen molar-refractivity contribution in [2.75, 3.05) is 5.73 Å². The summed E-state index contributed by atoms with van der Waals surface area (Å²) in [5, 5.41) is 7.38. The number of aromatic nitrogens is 3. The van der Waals surface area contributed by atoms with Gasteiger partial charge in [-0.15, -0.1) is 0 Å². The van der Waals surface area contributed by atoms with Crippen molar-refractivity contribution in [1.82, 2.24) is 15.2 Å². The van der Waals surface area contributed by atoms with Gasteiger partial charge in [-0.05, 0) is 11.6 Å². The van der Waals surface area contributed by atoms with E-state index in [2.05, 4.69) is 15.2 Å². The molecule has 0 aromatic carbocycles. The van der Waals surface area contributed by atoms with Crippen LogP contribution in [0.3, 0.4) is 0 Å². The third-order valence-electron chi connectivity index (χ3n) is 1.73. The molecule has 62 valence electrons. The van der Waals surface area contributed by atoms with Crippen LogP contribution in [0.5, 0.6) is 0 Å². The number of nitrogens with one attached hydrogen (secondary N) is 1. The van der Waals surface area contributed by atoms with Crippen molar-refractivity contribution in [3.8, 4) is 0 Å². The predicted molar refractivity (Wildman–Crippen MR) is 46.2 cm³/mol. The van der Waals surface area contributed by atoms with Gasteiger partial charge in [0, 0.05) is 12.7 Å². The first kappa shape index (κ1) is 7.05. The molecule has 0 unspecified atom stereocenters. The van der Waals surface area contributed by atoms with E-state index in [1.54, 1.807) is 6.20 Å². The molecule has 0 aliphatic carbocycles. The third kappa shape index (κ3) is 0.911. The number of hydrogen-bond donors (Lipinski definition) is 3. The summed E-state index contributed by atoms with van der Waals surface area (Å²) < 4.78 is 0. The molecule has 0 amide bonds. The average molecular weight is 163 g/mol. The maximum absolute atomic E-state index is 5.60. The molecule has 2 heterocycles. The molecule has 0 aliphatic rings. The quantitative estimate of drug-likeness (QED) is 0.551. The van der Waals surface area contributed by atoms with Gasteiger partial charge in [-0.2, -0.15) is 5.10 Å². The van der Waals surface area contributed by atoms with Crippen LogP contribution in [0.4, 0.5) is 5.82 Å². The second kappa shape index (κ2) is 2.46. The summed E-state index contributed by atoms with van der Waals surface area (Å²) in [6.07, 6.45) is 1.70. The Hall–Kier alpha value is -1.62. The van der Waals surface area contributed by atoms with Crippen molar-refractivity contribution in [2.45, 2.75) is 6.54 Å².